The molecule has 0 saturated heterocycles. The molecule has 0 N–H and O–H groups in total. The monoisotopic (exact) mass is 1160 g/mol. The normalized spacial score (nSPS) is 12.4. The van der Waals surface area contributed by atoms with Crippen molar-refractivity contribution in [2.45, 2.75) is 24.7 Å². The summed E-state index contributed by atoms with van der Waals surface area (Å²) >= 11 is 0. The van der Waals surface area contributed by atoms with Gasteiger partial charge in [-0.3, -0.25) is 0 Å². The largest absolute Gasteiger partial charge is 0.416 e. The van der Waals surface area contributed by atoms with Crippen LogP contribution in [0.2, 0.25) is 0 Å². The van der Waals surface area contributed by atoms with Crippen LogP contribution in [-0.4, -0.2) is 24.1 Å². The molecular formula is C68H36F12N6. The fourth-order valence-corrected chi connectivity index (χ4v) is 11.2. The maximum absolute atomic E-state index is 14.2. The van der Waals surface area contributed by atoms with Crippen LogP contribution in [0.1, 0.15) is 27.8 Å². The van der Waals surface area contributed by atoms with Crippen molar-refractivity contribution in [2.75, 3.05) is 0 Å². The predicted molar refractivity (Wildman–Crippen MR) is 306 cm³/mol. The quantitative estimate of drug-likeness (QED) is 0.142. The van der Waals surface area contributed by atoms with Gasteiger partial charge in [0.25, 0.3) is 0 Å². The number of hydrogen-bond donors (Lipinski definition) is 0. The first-order chi connectivity index (χ1) is 41.1. The summed E-state index contributed by atoms with van der Waals surface area (Å²) in [6, 6.07) is 57.3. The van der Waals surface area contributed by atoms with Crippen LogP contribution in [0.3, 0.4) is 0 Å². The highest BCUT2D eigenvalue weighted by molar-refractivity contribution is 6.13. The van der Waals surface area contributed by atoms with Crippen molar-refractivity contribution in [3.8, 4) is 85.0 Å². The Hall–Kier alpha value is -10.5. The molecule has 13 aromatic rings. The van der Waals surface area contributed by atoms with Crippen molar-refractivity contribution in [2.24, 2.45) is 0 Å². The molecule has 0 amide bonds. The van der Waals surface area contributed by atoms with E-state index in [9.17, 15) is 57.9 Å². The molecule has 0 spiro atoms. The molecule has 0 unspecified atom stereocenters. The summed E-state index contributed by atoms with van der Waals surface area (Å²) in [5, 5.41) is 13.3. The summed E-state index contributed by atoms with van der Waals surface area (Å²) in [6.45, 7) is 0. The molecule has 0 aliphatic carbocycles. The summed E-state index contributed by atoms with van der Waals surface area (Å²) in [5.74, 6) is 0.896. The van der Waals surface area contributed by atoms with Gasteiger partial charge in [-0.05, 0) is 125 Å². The van der Waals surface area contributed by atoms with Gasteiger partial charge in [-0.15, -0.1) is 0 Å². The number of para-hydroxylation sites is 2. The van der Waals surface area contributed by atoms with E-state index in [1.54, 1.807) is 91.0 Å². The zero-order chi connectivity index (χ0) is 60.0. The Labute approximate surface area is 479 Å². The number of nitriles is 1. The van der Waals surface area contributed by atoms with Gasteiger partial charge in [-0.25, -0.2) is 15.0 Å². The van der Waals surface area contributed by atoms with E-state index in [4.69, 9.17) is 15.0 Å². The minimum absolute atomic E-state index is 0.0588. The SMILES string of the molecule is N#Cc1cccc(-n2c3ccccc3c3cc(-c4cc(C(F)(F)F)cc(C(F)(F)F)c4)ccc32)c1-c1cc(-c2nc(-c3ccccc3)nc(-c3ccccc3)n2)ccc1-n1c2ccccc2c2cc(-c3cc(C(F)(F)F)cc(C(F)(F)F)c3)ccc21. The maximum Gasteiger partial charge on any atom is 0.416 e. The van der Waals surface area contributed by atoms with E-state index in [0.29, 0.717) is 119 Å². The predicted octanol–water partition coefficient (Wildman–Crippen LogP) is 20.0. The maximum atomic E-state index is 14.2. The van der Waals surface area contributed by atoms with Gasteiger partial charge in [0.2, 0.25) is 0 Å². The van der Waals surface area contributed by atoms with Gasteiger partial charge in [0, 0.05) is 49.4 Å². The van der Waals surface area contributed by atoms with E-state index in [1.807, 2.05) is 75.9 Å². The summed E-state index contributed by atoms with van der Waals surface area (Å²) < 4.78 is 174. The smallest absolute Gasteiger partial charge is 0.309 e. The van der Waals surface area contributed by atoms with E-state index in [0.717, 1.165) is 0 Å². The van der Waals surface area contributed by atoms with Crippen LogP contribution in [-0.2, 0) is 24.7 Å². The Morgan fingerprint density at radius 2 is 0.686 bits per heavy atom. The second-order valence-electron chi connectivity index (χ2n) is 20.3. The minimum Gasteiger partial charge on any atom is -0.309 e. The number of fused-ring (bicyclic) bond motifs is 6. The number of benzene rings is 10. The Kier molecular flexibility index (Phi) is 13.0. The first-order valence-corrected chi connectivity index (χ1v) is 26.3. The Balaban J connectivity index is 1.09. The number of rotatable bonds is 8. The second kappa shape index (κ2) is 20.4. The van der Waals surface area contributed by atoms with Gasteiger partial charge < -0.3 is 9.13 Å². The molecule has 0 aliphatic heterocycles. The van der Waals surface area contributed by atoms with Crippen molar-refractivity contribution in [3.05, 3.63) is 246 Å². The molecule has 0 bridgehead atoms. The molecule has 0 radical (unpaired) electrons. The molecule has 18 heteroatoms. The van der Waals surface area contributed by atoms with Crippen molar-refractivity contribution in [1.82, 2.24) is 24.1 Å². The molecule has 0 saturated carbocycles. The van der Waals surface area contributed by atoms with Crippen molar-refractivity contribution >= 4 is 43.6 Å². The van der Waals surface area contributed by atoms with E-state index < -0.39 is 47.0 Å². The van der Waals surface area contributed by atoms with Crippen molar-refractivity contribution < 1.29 is 52.7 Å². The highest BCUT2D eigenvalue weighted by Crippen LogP contribution is 2.47. The molecule has 0 atom stereocenters. The lowest BCUT2D eigenvalue weighted by Crippen LogP contribution is -2.11. The molecule has 422 valence electrons. The van der Waals surface area contributed by atoms with Crippen LogP contribution in [0.15, 0.2) is 218 Å². The standard InChI is InChI=1S/C68H36F12N6/c69-65(70,71)46-28-44(29-47(35-46)66(72,73)74)40-22-25-57-52(32-40)50-17-7-9-19-55(50)85(57)59-27-24-42(64-83-62(38-12-3-1-4-13-38)82-63(84-64)39-14-5-2-6-15-39)34-54(59)61-43(37-81)16-11-21-60(61)86-56-20-10-8-18-51(56)53-33-41(23-26-58(53)86)45-30-48(67(75,76)77)36-49(31-45)68(78,79)80/h1-36H. The van der Waals surface area contributed by atoms with Crippen molar-refractivity contribution in [3.63, 3.8) is 0 Å². The molecule has 0 fully saturated rings. The second-order valence-corrected chi connectivity index (χ2v) is 20.3. The van der Waals surface area contributed by atoms with Gasteiger partial charge >= 0.3 is 24.7 Å². The number of nitrogens with zero attached hydrogens (tertiary/aromatic N) is 6. The number of aromatic nitrogens is 5. The zero-order valence-electron chi connectivity index (χ0n) is 44.0. The van der Waals surface area contributed by atoms with Gasteiger partial charge in [0.15, 0.2) is 17.5 Å². The lowest BCUT2D eigenvalue weighted by atomic mass is 9.94. The zero-order valence-corrected chi connectivity index (χ0v) is 44.0. The average molecular weight is 1170 g/mol. The minimum atomic E-state index is -5.11. The Bertz CT molecular complexity index is 4770. The van der Waals surface area contributed by atoms with Crippen LogP contribution in [0, 0.1) is 11.3 Å². The van der Waals surface area contributed by atoms with Crippen LogP contribution >= 0.6 is 0 Å². The summed E-state index contributed by atoms with van der Waals surface area (Å²) in [7, 11) is 0. The van der Waals surface area contributed by atoms with Gasteiger partial charge in [-0.1, -0.05) is 115 Å². The molecule has 13 rings (SSSR count). The highest BCUT2D eigenvalue weighted by atomic mass is 19.4. The topological polar surface area (TPSA) is 72.3 Å². The van der Waals surface area contributed by atoms with Crippen LogP contribution in [0.4, 0.5) is 52.7 Å². The van der Waals surface area contributed by atoms with Crippen LogP contribution in [0.25, 0.3) is 123 Å². The van der Waals surface area contributed by atoms with E-state index in [1.165, 1.54) is 24.3 Å². The molecule has 0 aliphatic rings. The molecule has 86 heavy (non-hydrogen) atoms. The number of halogens is 12. The first-order valence-electron chi connectivity index (χ1n) is 26.3. The molecule has 10 aromatic carbocycles. The van der Waals surface area contributed by atoms with Crippen molar-refractivity contribution in [1.29, 1.82) is 5.26 Å². The summed E-state index contributed by atoms with van der Waals surface area (Å²) in [4.78, 5) is 14.9. The van der Waals surface area contributed by atoms with E-state index in [-0.39, 0.29) is 45.8 Å². The molecular weight excluding hydrogens is 1130 g/mol. The van der Waals surface area contributed by atoms with Gasteiger partial charge in [0.1, 0.15) is 0 Å². The summed E-state index contributed by atoms with van der Waals surface area (Å²) in [5.41, 5.74) is -0.954. The Morgan fingerprint density at radius 3 is 1.12 bits per heavy atom. The fourth-order valence-electron chi connectivity index (χ4n) is 11.2. The number of hydrogen-bond acceptors (Lipinski definition) is 4. The molecule has 3 aromatic heterocycles. The lowest BCUT2D eigenvalue weighted by molar-refractivity contribution is -0.144. The average Bonchev–Trinajstić information content (AvgIpc) is 1.64. The third-order valence-electron chi connectivity index (χ3n) is 15.1. The third-order valence-corrected chi connectivity index (χ3v) is 15.1. The van der Waals surface area contributed by atoms with E-state index >= 15 is 0 Å². The fraction of sp³-hybridized carbons (Fsp3) is 0.0588. The van der Waals surface area contributed by atoms with E-state index in [2.05, 4.69) is 6.07 Å². The third kappa shape index (κ3) is 9.79. The summed E-state index contributed by atoms with van der Waals surface area (Å²) in [6.07, 6.45) is -20.4. The van der Waals surface area contributed by atoms with Gasteiger partial charge in [0.05, 0.1) is 67.3 Å². The molecule has 6 nitrogen and oxygen atoms in total. The first kappa shape index (κ1) is 54.7. The Morgan fingerprint density at radius 1 is 0.302 bits per heavy atom. The number of alkyl halides is 12. The highest BCUT2D eigenvalue weighted by Gasteiger charge is 2.39. The van der Waals surface area contributed by atoms with Crippen LogP contribution < -0.4 is 0 Å². The van der Waals surface area contributed by atoms with Crippen LogP contribution in [0.5, 0.6) is 0 Å². The lowest BCUT2D eigenvalue weighted by Gasteiger charge is -2.21. The molecule has 3 heterocycles. The van der Waals surface area contributed by atoms with Gasteiger partial charge in [-0.2, -0.15) is 57.9 Å².